The minimum absolute atomic E-state index is 0.0225. The number of anilines is 1. The molecule has 0 bridgehead atoms. The number of primary amides is 1. The Labute approximate surface area is 612 Å². The predicted octanol–water partition coefficient (Wildman–Crippen LogP) is 4.59. The smallest absolute Gasteiger partial charge is 0.408 e. The predicted molar refractivity (Wildman–Crippen MR) is 387 cm³/mol. The Morgan fingerprint density at radius 2 is 1.41 bits per heavy atom. The second-order valence-electron chi connectivity index (χ2n) is 27.3. The van der Waals surface area contributed by atoms with Crippen molar-refractivity contribution >= 4 is 92.2 Å². The zero-order valence-electron chi connectivity index (χ0n) is 61.8. The molecule has 572 valence electrons. The monoisotopic (exact) mass is 1490 g/mol. The third-order valence-electron chi connectivity index (χ3n) is 18.3. The highest BCUT2D eigenvalue weighted by Crippen LogP contribution is 2.32. The third kappa shape index (κ3) is 24.7. The fraction of sp³-hybridized carbons (Fsp3) is 0.577. The van der Waals surface area contributed by atoms with E-state index in [2.05, 4.69) is 52.2 Å². The summed E-state index contributed by atoms with van der Waals surface area (Å²) in [4.78, 5) is 166. The van der Waals surface area contributed by atoms with Crippen LogP contribution in [0.1, 0.15) is 153 Å². The first-order valence-corrected chi connectivity index (χ1v) is 37.5. The number of hydrogen-bond donors (Lipinski definition) is 9. The number of urea groups is 1. The number of likely N-dealkylation sites (tertiary alicyclic amines) is 1. The van der Waals surface area contributed by atoms with E-state index < -0.39 is 147 Å². The van der Waals surface area contributed by atoms with Crippen molar-refractivity contribution in [3.63, 3.8) is 0 Å². The van der Waals surface area contributed by atoms with E-state index in [1.165, 1.54) is 75.5 Å². The molecule has 0 unspecified atom stereocenters. The van der Waals surface area contributed by atoms with Gasteiger partial charge in [0.2, 0.25) is 50.4 Å². The highest BCUT2D eigenvalue weighted by Gasteiger charge is 2.45. The number of thiazole rings is 1. The zero-order chi connectivity index (χ0) is 77.3. The van der Waals surface area contributed by atoms with Crippen LogP contribution in [0.4, 0.5) is 15.3 Å². The van der Waals surface area contributed by atoms with Crippen molar-refractivity contribution in [2.24, 2.45) is 29.4 Å². The van der Waals surface area contributed by atoms with Gasteiger partial charge in [0.1, 0.15) is 41.3 Å². The van der Waals surface area contributed by atoms with Crippen LogP contribution < -0.4 is 47.9 Å². The Morgan fingerprint density at radius 3 is 1.97 bits per heavy atom. The summed E-state index contributed by atoms with van der Waals surface area (Å²) in [5, 5.41) is 31.7. The van der Waals surface area contributed by atoms with E-state index in [1.54, 1.807) is 52.8 Å². The van der Waals surface area contributed by atoms with Gasteiger partial charge in [-0.25, -0.2) is 37.8 Å². The Hall–Kier alpha value is -9.21. The number of aromatic nitrogens is 3. The molecule has 0 spiro atoms. The summed E-state index contributed by atoms with van der Waals surface area (Å²) < 4.78 is 41.3. The number of rotatable bonds is 40. The van der Waals surface area contributed by atoms with E-state index in [0.29, 0.717) is 37.8 Å². The molecule has 1 fully saturated rings. The Morgan fingerprint density at radius 1 is 0.788 bits per heavy atom. The summed E-state index contributed by atoms with van der Waals surface area (Å²) in [6.45, 7) is 16.4. The molecule has 11 amide bonds. The van der Waals surface area contributed by atoms with Crippen LogP contribution in [0.5, 0.6) is 0 Å². The number of nitrogens with two attached hydrogens (primary N) is 1. The standard InChI is InChI=1S/C71H104N14O17S2/c1-15-43(6)58(54(100-12)37-55(87)84-34-21-26-52(84)59(101-13)44(7)60(88)79-51(63-74-33-35-103-63)36-46-22-17-16-18-23-46)83(11)64(91)56(41(2)3)81-67(95)71(9,10)82-70(97)102-40-47-27-29-49(30-28-47)85(53(66(93)94)25-20-32-75-68(72)96)65(92)57(42(4)5)80-62(90)50(78-45(8)86)24-19-31-73-61(89)48-38-76-69(77-39-48)104(14,98)99/h16-18,22-23,27-30,33,35,38-39,41-44,50-54,56-59H,15,19-21,24-26,31-32,34,36-37,40H2,1-14H3,(H,73,89)(H,78,86)(H,79,88)(H,80,90)(H,81,95)(H,82,97)(H,93,94)(H3,72,75,96)/t43-,44+,50-,51-,52-,53-,54+,56-,57-,58-,59+/m0/s1. The van der Waals surface area contributed by atoms with Crippen molar-refractivity contribution in [1.82, 2.24) is 62.0 Å². The molecule has 1 aliphatic heterocycles. The van der Waals surface area contributed by atoms with Gasteiger partial charge in [0, 0.05) is 83.7 Å². The van der Waals surface area contributed by atoms with E-state index in [-0.39, 0.29) is 80.2 Å². The van der Waals surface area contributed by atoms with Crippen LogP contribution in [0, 0.1) is 23.7 Å². The van der Waals surface area contributed by atoms with Crippen molar-refractivity contribution in [3.05, 3.63) is 100 Å². The van der Waals surface area contributed by atoms with Crippen LogP contribution in [-0.2, 0) is 75.4 Å². The van der Waals surface area contributed by atoms with Gasteiger partial charge in [-0.2, -0.15) is 0 Å². The van der Waals surface area contributed by atoms with Crippen molar-refractivity contribution in [2.45, 2.75) is 199 Å². The number of benzene rings is 2. The Kier molecular flexibility index (Phi) is 33.0. The van der Waals surface area contributed by atoms with Crippen LogP contribution in [0.2, 0.25) is 0 Å². The minimum atomic E-state index is -3.72. The quantitative estimate of drug-likeness (QED) is 0.0217. The largest absolute Gasteiger partial charge is 0.480 e. The zero-order valence-corrected chi connectivity index (χ0v) is 63.4. The molecular formula is C71H104N14O17S2. The number of hydrogen-bond acceptors (Lipinski definition) is 20. The summed E-state index contributed by atoms with van der Waals surface area (Å²) in [6.07, 6.45) is 4.36. The first-order chi connectivity index (χ1) is 49.0. The lowest BCUT2D eigenvalue weighted by Gasteiger charge is -2.41. The molecule has 1 saturated heterocycles. The molecule has 3 heterocycles. The van der Waals surface area contributed by atoms with Gasteiger partial charge in [0.15, 0.2) is 0 Å². The first-order valence-electron chi connectivity index (χ1n) is 34.7. The number of ether oxygens (including phenoxy) is 3. The third-order valence-corrected chi connectivity index (χ3v) is 20.0. The van der Waals surface area contributed by atoms with Crippen LogP contribution in [0.25, 0.3) is 0 Å². The number of methoxy groups -OCH3 is 2. The van der Waals surface area contributed by atoms with Gasteiger partial charge < -0.3 is 72.1 Å². The van der Waals surface area contributed by atoms with Gasteiger partial charge in [-0.05, 0) is 99.8 Å². The van der Waals surface area contributed by atoms with Crippen LogP contribution in [-0.4, -0.2) is 205 Å². The van der Waals surface area contributed by atoms with E-state index >= 15 is 0 Å². The van der Waals surface area contributed by atoms with Gasteiger partial charge in [-0.15, -0.1) is 11.3 Å². The molecule has 0 saturated carbocycles. The lowest BCUT2D eigenvalue weighted by atomic mass is 9.89. The van der Waals surface area contributed by atoms with Crippen molar-refractivity contribution in [2.75, 3.05) is 52.1 Å². The summed E-state index contributed by atoms with van der Waals surface area (Å²) in [7, 11) is 0.903. The lowest BCUT2D eigenvalue weighted by molar-refractivity contribution is -0.148. The van der Waals surface area contributed by atoms with Gasteiger partial charge in [0.25, 0.3) is 11.8 Å². The average molecular weight is 1490 g/mol. The molecule has 104 heavy (non-hydrogen) atoms. The molecule has 0 radical (unpaired) electrons. The molecule has 2 aromatic heterocycles. The maximum absolute atomic E-state index is 14.9. The summed E-state index contributed by atoms with van der Waals surface area (Å²) in [5.41, 5.74) is 4.96. The number of likely N-dealkylation sites (N-methyl/N-ethyl adjacent to an activating group) is 1. The number of alkyl carbamates (subject to hydrolysis) is 1. The average Bonchev–Trinajstić information content (AvgIpc) is 1.39. The van der Waals surface area contributed by atoms with Crippen LogP contribution in [0.3, 0.4) is 0 Å². The number of carbonyl (C=O) groups is 11. The van der Waals surface area contributed by atoms with E-state index in [1.807, 2.05) is 49.6 Å². The van der Waals surface area contributed by atoms with E-state index in [9.17, 15) is 66.3 Å². The number of sulfone groups is 1. The summed E-state index contributed by atoms with van der Waals surface area (Å²) in [5.74, 6) is -8.08. The van der Waals surface area contributed by atoms with E-state index in [0.717, 1.165) is 34.1 Å². The number of amides is 11. The SMILES string of the molecule is CC[C@H](C)[C@@H]([C@@H](CC(=O)N1CCC[C@H]1[C@H](OC)[C@@H](C)C(=O)N[C@@H](Cc1ccccc1)c1nccs1)OC)N(C)C(=O)[C@@H](NC(=O)C(C)(C)NC(=O)OCc1ccc(N(C(=O)[C@@H](NC(=O)[C@H](CCCNC(=O)c2cnc(S(C)(=O)=O)nc2)NC(C)=O)C(C)C)[C@@H](CCCNC(N)=O)C(=O)O)cc1)C(C)C. The Balaban J connectivity index is 1.25. The van der Waals surface area contributed by atoms with Gasteiger partial charge in [-0.3, -0.25) is 43.3 Å². The summed E-state index contributed by atoms with van der Waals surface area (Å²) in [6, 6.07) is 7.82. The highest BCUT2D eigenvalue weighted by atomic mass is 32.2. The maximum atomic E-state index is 14.9. The molecule has 31 nitrogen and oxygen atoms in total. The van der Waals surface area contributed by atoms with Crippen LogP contribution >= 0.6 is 11.3 Å². The van der Waals surface area contributed by atoms with Gasteiger partial charge in [-0.1, -0.05) is 97.4 Å². The maximum Gasteiger partial charge on any atom is 0.408 e. The number of nitrogens with zero attached hydrogens (tertiary/aromatic N) is 6. The molecule has 33 heteroatoms. The molecule has 1 aliphatic rings. The van der Waals surface area contributed by atoms with Crippen molar-refractivity contribution < 1.29 is 80.5 Å². The second-order valence-corrected chi connectivity index (χ2v) is 30.1. The first kappa shape index (κ1) is 85.4. The fourth-order valence-electron chi connectivity index (χ4n) is 12.4. The number of carbonyl (C=O) groups excluding carboxylic acids is 10. The molecule has 2 aromatic carbocycles. The number of carboxylic acid groups (broad SMARTS) is 1. The minimum Gasteiger partial charge on any atom is -0.480 e. The second kappa shape index (κ2) is 40.2. The molecular weight excluding hydrogens is 1380 g/mol. The topological polar surface area (TPSA) is 428 Å². The number of aliphatic carboxylic acids is 1. The van der Waals surface area contributed by atoms with Crippen LogP contribution in [0.15, 0.2) is 83.7 Å². The Bertz CT molecular complexity index is 3660. The molecule has 4 aromatic rings. The molecule has 0 aliphatic carbocycles. The summed E-state index contributed by atoms with van der Waals surface area (Å²) >= 11 is 1.45. The normalized spacial score (nSPS) is 16.0. The molecule has 10 N–H and O–H groups in total. The van der Waals surface area contributed by atoms with Crippen molar-refractivity contribution in [3.8, 4) is 0 Å². The van der Waals surface area contributed by atoms with E-state index in [4.69, 9.17) is 19.9 Å². The molecule has 5 rings (SSSR count). The number of carboxylic acids is 1. The lowest BCUT2D eigenvalue weighted by Crippen LogP contribution is -2.62. The fourth-order valence-corrected chi connectivity index (χ4v) is 13.5. The van der Waals surface area contributed by atoms with Gasteiger partial charge >= 0.3 is 18.1 Å². The van der Waals surface area contributed by atoms with Crippen molar-refractivity contribution in [1.29, 1.82) is 0 Å². The highest BCUT2D eigenvalue weighted by molar-refractivity contribution is 7.90. The molecule has 11 atom stereocenters. The van der Waals surface area contributed by atoms with Gasteiger partial charge in [0.05, 0.1) is 48.2 Å². The number of nitrogens with one attached hydrogen (secondary N) is 7.